The van der Waals surface area contributed by atoms with Crippen LogP contribution in [-0.2, 0) is 4.79 Å². The number of ether oxygens (including phenoxy) is 2. The highest BCUT2D eigenvalue weighted by molar-refractivity contribution is 6.00. The number of carbonyl (C=O) groups is 1. The zero-order valence-electron chi connectivity index (χ0n) is 20.0. The lowest BCUT2D eigenvalue weighted by atomic mass is 9.98. The van der Waals surface area contributed by atoms with Gasteiger partial charge in [0, 0.05) is 41.7 Å². The second-order valence-electron chi connectivity index (χ2n) is 8.72. The van der Waals surface area contributed by atoms with Crippen LogP contribution in [0.5, 0.6) is 11.5 Å². The van der Waals surface area contributed by atoms with E-state index in [1.54, 1.807) is 12.3 Å². The van der Waals surface area contributed by atoms with Gasteiger partial charge < -0.3 is 18.8 Å². The quantitative estimate of drug-likeness (QED) is 0.385. The van der Waals surface area contributed by atoms with E-state index in [2.05, 4.69) is 13.0 Å². The fourth-order valence-electron chi connectivity index (χ4n) is 4.34. The molecule has 4 rings (SSSR count). The number of fused-ring (bicyclic) bond motifs is 1. The standard InChI is InChI=1S/C28H33NO4/c1-5-31-22-9-7-21(8-10-22)25-18-33-27-17-26(32-6-2)23(16-24(25)27)20(4)15-28(30)29-13-11-19(3)12-14-29/h7-10,15-19H,5-6,11-14H2,1-4H3/b20-15+. The summed E-state index contributed by atoms with van der Waals surface area (Å²) in [6, 6.07) is 12.0. The minimum Gasteiger partial charge on any atom is -0.494 e. The summed E-state index contributed by atoms with van der Waals surface area (Å²) in [5.74, 6) is 2.33. The Bertz CT molecular complexity index is 1130. The Labute approximate surface area is 196 Å². The molecule has 2 aromatic carbocycles. The molecule has 1 aliphatic heterocycles. The predicted molar refractivity (Wildman–Crippen MR) is 133 cm³/mol. The number of likely N-dealkylation sites (tertiary alicyclic amines) is 1. The molecular formula is C28H33NO4. The van der Waals surface area contributed by atoms with Crippen LogP contribution in [0.25, 0.3) is 27.7 Å². The summed E-state index contributed by atoms with van der Waals surface area (Å²) in [4.78, 5) is 14.9. The SMILES string of the molecule is CCOc1ccc(-c2coc3cc(OCC)c(/C(C)=C/C(=O)N4CCC(C)CC4)cc23)cc1. The molecule has 3 aromatic rings. The van der Waals surface area contributed by atoms with Gasteiger partial charge in [0.15, 0.2) is 0 Å². The van der Waals surface area contributed by atoms with Gasteiger partial charge in [0.25, 0.3) is 0 Å². The third-order valence-corrected chi connectivity index (χ3v) is 6.31. The summed E-state index contributed by atoms with van der Waals surface area (Å²) >= 11 is 0. The number of carbonyl (C=O) groups excluding carboxylic acids is 1. The van der Waals surface area contributed by atoms with Gasteiger partial charge in [0.05, 0.1) is 19.5 Å². The van der Waals surface area contributed by atoms with Crippen LogP contribution in [-0.4, -0.2) is 37.1 Å². The van der Waals surface area contributed by atoms with E-state index in [0.29, 0.717) is 19.1 Å². The number of hydrogen-bond acceptors (Lipinski definition) is 4. The van der Waals surface area contributed by atoms with Crippen molar-refractivity contribution >= 4 is 22.4 Å². The van der Waals surface area contributed by atoms with E-state index in [4.69, 9.17) is 13.9 Å². The Morgan fingerprint density at radius 2 is 1.79 bits per heavy atom. The molecule has 0 saturated carbocycles. The topological polar surface area (TPSA) is 51.9 Å². The smallest absolute Gasteiger partial charge is 0.246 e. The Hall–Kier alpha value is -3.21. The fraction of sp³-hybridized carbons (Fsp3) is 0.393. The fourth-order valence-corrected chi connectivity index (χ4v) is 4.34. The van der Waals surface area contributed by atoms with Crippen LogP contribution in [0, 0.1) is 5.92 Å². The van der Waals surface area contributed by atoms with Crippen molar-refractivity contribution in [2.24, 2.45) is 5.92 Å². The second-order valence-corrected chi connectivity index (χ2v) is 8.72. The molecule has 0 atom stereocenters. The molecule has 5 heteroatoms. The molecule has 174 valence electrons. The number of rotatable bonds is 7. The summed E-state index contributed by atoms with van der Waals surface area (Å²) in [7, 11) is 0. The molecule has 2 heterocycles. The zero-order chi connectivity index (χ0) is 23.4. The van der Waals surface area contributed by atoms with E-state index >= 15 is 0 Å². The maximum Gasteiger partial charge on any atom is 0.246 e. The lowest BCUT2D eigenvalue weighted by Crippen LogP contribution is -2.36. The molecule has 0 N–H and O–H groups in total. The van der Waals surface area contributed by atoms with Crippen LogP contribution >= 0.6 is 0 Å². The highest BCUT2D eigenvalue weighted by Crippen LogP contribution is 2.38. The molecule has 1 aliphatic rings. The van der Waals surface area contributed by atoms with Crippen LogP contribution in [0.4, 0.5) is 0 Å². The molecule has 0 radical (unpaired) electrons. The maximum absolute atomic E-state index is 12.9. The van der Waals surface area contributed by atoms with Crippen LogP contribution in [0.3, 0.4) is 0 Å². The van der Waals surface area contributed by atoms with Crippen molar-refractivity contribution in [3.8, 4) is 22.6 Å². The average Bonchev–Trinajstić information content (AvgIpc) is 3.22. The van der Waals surface area contributed by atoms with Gasteiger partial charge in [0.2, 0.25) is 5.91 Å². The van der Waals surface area contributed by atoms with Crippen molar-refractivity contribution in [1.29, 1.82) is 0 Å². The maximum atomic E-state index is 12.9. The molecule has 0 unspecified atom stereocenters. The number of nitrogens with zero attached hydrogens (tertiary/aromatic N) is 1. The van der Waals surface area contributed by atoms with Gasteiger partial charge in [-0.15, -0.1) is 0 Å². The molecule has 1 amide bonds. The molecule has 33 heavy (non-hydrogen) atoms. The zero-order valence-corrected chi connectivity index (χ0v) is 20.0. The molecular weight excluding hydrogens is 414 g/mol. The molecule has 0 aliphatic carbocycles. The third-order valence-electron chi connectivity index (χ3n) is 6.31. The van der Waals surface area contributed by atoms with Crippen molar-refractivity contribution in [3.05, 3.63) is 54.3 Å². The first-order valence-corrected chi connectivity index (χ1v) is 11.9. The number of piperidine rings is 1. The van der Waals surface area contributed by atoms with Crippen molar-refractivity contribution in [2.75, 3.05) is 26.3 Å². The first kappa shape index (κ1) is 23.0. The van der Waals surface area contributed by atoms with E-state index in [1.807, 2.05) is 56.0 Å². The van der Waals surface area contributed by atoms with Crippen molar-refractivity contribution in [1.82, 2.24) is 4.90 Å². The minimum atomic E-state index is 0.0703. The Kier molecular flexibility index (Phi) is 7.07. The summed E-state index contributed by atoms with van der Waals surface area (Å²) in [6.07, 6.45) is 5.65. The Balaban J connectivity index is 1.69. The molecule has 1 saturated heterocycles. The van der Waals surface area contributed by atoms with Gasteiger partial charge in [-0.1, -0.05) is 19.1 Å². The van der Waals surface area contributed by atoms with E-state index in [9.17, 15) is 4.79 Å². The van der Waals surface area contributed by atoms with Gasteiger partial charge >= 0.3 is 0 Å². The summed E-state index contributed by atoms with van der Waals surface area (Å²) < 4.78 is 17.4. The van der Waals surface area contributed by atoms with E-state index in [1.165, 1.54) is 0 Å². The van der Waals surface area contributed by atoms with Gasteiger partial charge in [0.1, 0.15) is 17.1 Å². The number of allylic oxidation sites excluding steroid dienone is 1. The van der Waals surface area contributed by atoms with Gasteiger partial charge in [-0.3, -0.25) is 4.79 Å². The monoisotopic (exact) mass is 447 g/mol. The molecule has 0 bridgehead atoms. The van der Waals surface area contributed by atoms with Crippen LogP contribution < -0.4 is 9.47 Å². The second kappa shape index (κ2) is 10.2. The molecule has 0 spiro atoms. The van der Waals surface area contributed by atoms with E-state index < -0.39 is 0 Å². The van der Waals surface area contributed by atoms with Crippen molar-refractivity contribution < 1.29 is 18.7 Å². The summed E-state index contributed by atoms with van der Waals surface area (Å²) in [5.41, 5.74) is 4.61. The summed E-state index contributed by atoms with van der Waals surface area (Å²) in [6.45, 7) is 11.0. The lowest BCUT2D eigenvalue weighted by Gasteiger charge is -2.29. The number of furan rings is 1. The normalized spacial score (nSPS) is 15.2. The predicted octanol–water partition coefficient (Wildman–Crippen LogP) is 6.56. The van der Waals surface area contributed by atoms with Gasteiger partial charge in [-0.2, -0.15) is 0 Å². The third kappa shape index (κ3) is 5.08. The van der Waals surface area contributed by atoms with Crippen molar-refractivity contribution in [2.45, 2.75) is 40.5 Å². The number of hydrogen-bond donors (Lipinski definition) is 0. The molecule has 1 fully saturated rings. The lowest BCUT2D eigenvalue weighted by molar-refractivity contribution is -0.127. The Morgan fingerprint density at radius 1 is 1.09 bits per heavy atom. The van der Waals surface area contributed by atoms with Crippen LogP contribution in [0.2, 0.25) is 0 Å². The van der Waals surface area contributed by atoms with Gasteiger partial charge in [-0.05, 0) is 68.9 Å². The number of amides is 1. The highest BCUT2D eigenvalue weighted by atomic mass is 16.5. The highest BCUT2D eigenvalue weighted by Gasteiger charge is 2.20. The first-order chi connectivity index (χ1) is 16.0. The number of benzene rings is 2. The van der Waals surface area contributed by atoms with Gasteiger partial charge in [-0.25, -0.2) is 0 Å². The van der Waals surface area contributed by atoms with E-state index in [0.717, 1.165) is 70.7 Å². The minimum absolute atomic E-state index is 0.0703. The van der Waals surface area contributed by atoms with Crippen LogP contribution in [0.1, 0.15) is 46.1 Å². The van der Waals surface area contributed by atoms with Crippen molar-refractivity contribution in [3.63, 3.8) is 0 Å². The first-order valence-electron chi connectivity index (χ1n) is 11.9. The average molecular weight is 448 g/mol. The molecule has 1 aromatic heterocycles. The van der Waals surface area contributed by atoms with E-state index in [-0.39, 0.29) is 5.91 Å². The largest absolute Gasteiger partial charge is 0.494 e. The summed E-state index contributed by atoms with van der Waals surface area (Å²) in [5, 5.41) is 0.990. The van der Waals surface area contributed by atoms with Crippen LogP contribution in [0.15, 0.2) is 53.2 Å². The molecule has 5 nitrogen and oxygen atoms in total. The Morgan fingerprint density at radius 3 is 2.45 bits per heavy atom.